The van der Waals surface area contributed by atoms with Gasteiger partial charge in [-0.05, 0) is 37.5 Å². The van der Waals surface area contributed by atoms with Crippen LogP contribution in [0.15, 0.2) is 42.5 Å². The molecule has 2 aromatic rings. The molecule has 30 heavy (non-hydrogen) atoms. The minimum atomic E-state index is -0.594. The number of halogens is 2. The predicted octanol–water partition coefficient (Wildman–Crippen LogP) is 3.98. The van der Waals surface area contributed by atoms with Gasteiger partial charge in [-0.15, -0.1) is 0 Å². The minimum absolute atomic E-state index is 0.0553. The van der Waals surface area contributed by atoms with Gasteiger partial charge in [-0.25, -0.2) is 8.78 Å². The van der Waals surface area contributed by atoms with Gasteiger partial charge in [-0.1, -0.05) is 24.3 Å². The molecule has 0 aromatic heterocycles. The van der Waals surface area contributed by atoms with Crippen LogP contribution < -0.4 is 4.90 Å². The Morgan fingerprint density at radius 2 is 1.73 bits per heavy atom. The van der Waals surface area contributed by atoms with Crippen LogP contribution >= 0.6 is 0 Å². The van der Waals surface area contributed by atoms with Gasteiger partial charge in [-0.2, -0.15) is 0 Å². The smallest absolute Gasteiger partial charge is 0.222 e. The third-order valence-electron chi connectivity index (χ3n) is 6.44. The molecule has 2 aliphatic rings. The molecule has 0 N–H and O–H groups in total. The maximum absolute atomic E-state index is 14.0. The third kappa shape index (κ3) is 4.64. The molecule has 6 heteroatoms. The van der Waals surface area contributed by atoms with Crippen LogP contribution in [0.1, 0.15) is 30.4 Å². The second-order valence-electron chi connectivity index (χ2n) is 8.34. The molecule has 0 radical (unpaired) electrons. The van der Waals surface area contributed by atoms with Crippen LogP contribution in [0, 0.1) is 18.6 Å². The van der Waals surface area contributed by atoms with Crippen LogP contribution in [0.2, 0.25) is 0 Å². The Morgan fingerprint density at radius 3 is 2.47 bits per heavy atom. The third-order valence-corrected chi connectivity index (χ3v) is 6.44. The summed E-state index contributed by atoms with van der Waals surface area (Å²) in [5.74, 6) is -1.13. The maximum Gasteiger partial charge on any atom is 0.222 e. The lowest BCUT2D eigenvalue weighted by Gasteiger charge is -2.40. The molecule has 4 rings (SSSR count). The van der Waals surface area contributed by atoms with Crippen LogP contribution in [-0.2, 0) is 11.3 Å². The van der Waals surface area contributed by atoms with E-state index >= 15 is 0 Å². The van der Waals surface area contributed by atoms with E-state index in [4.69, 9.17) is 0 Å². The molecule has 160 valence electrons. The minimum Gasteiger partial charge on any atom is -0.369 e. The Hall–Kier alpha value is -2.47. The second-order valence-corrected chi connectivity index (χ2v) is 8.34. The van der Waals surface area contributed by atoms with Gasteiger partial charge >= 0.3 is 0 Å². The van der Waals surface area contributed by atoms with Crippen molar-refractivity contribution in [2.24, 2.45) is 0 Å². The van der Waals surface area contributed by atoms with Gasteiger partial charge in [0, 0.05) is 69.0 Å². The van der Waals surface area contributed by atoms with E-state index in [1.807, 2.05) is 0 Å². The first-order chi connectivity index (χ1) is 14.5. The first-order valence-corrected chi connectivity index (χ1v) is 10.8. The first-order valence-electron chi connectivity index (χ1n) is 10.8. The van der Waals surface area contributed by atoms with E-state index in [-0.39, 0.29) is 12.5 Å². The molecule has 0 unspecified atom stereocenters. The predicted molar refractivity (Wildman–Crippen MR) is 114 cm³/mol. The van der Waals surface area contributed by atoms with Crippen molar-refractivity contribution < 1.29 is 13.6 Å². The number of hydrogen-bond donors (Lipinski definition) is 0. The summed E-state index contributed by atoms with van der Waals surface area (Å²) in [7, 11) is 0. The fourth-order valence-corrected chi connectivity index (χ4v) is 4.66. The van der Waals surface area contributed by atoms with E-state index < -0.39 is 11.6 Å². The van der Waals surface area contributed by atoms with Crippen LogP contribution in [-0.4, -0.2) is 54.5 Å². The number of hydrogen-bond acceptors (Lipinski definition) is 3. The molecule has 2 fully saturated rings. The van der Waals surface area contributed by atoms with E-state index in [2.05, 4.69) is 41.0 Å². The Bertz CT molecular complexity index is 896. The highest BCUT2D eigenvalue weighted by molar-refractivity contribution is 5.76. The Balaban J connectivity index is 1.34. The number of aryl methyl sites for hydroxylation is 1. The van der Waals surface area contributed by atoms with Gasteiger partial charge < -0.3 is 9.80 Å². The molecule has 2 aromatic carbocycles. The van der Waals surface area contributed by atoms with E-state index in [0.29, 0.717) is 24.6 Å². The quantitative estimate of drug-likeness (QED) is 0.759. The zero-order chi connectivity index (χ0) is 21.1. The Morgan fingerprint density at radius 1 is 0.967 bits per heavy atom. The highest BCUT2D eigenvalue weighted by Crippen LogP contribution is 2.25. The number of carbonyl (C=O) groups excluding carboxylic acids is 1. The average Bonchev–Trinajstić information content (AvgIpc) is 2.92. The van der Waals surface area contributed by atoms with Crippen molar-refractivity contribution in [3.8, 4) is 0 Å². The number of nitrogens with zero attached hydrogens (tertiary/aromatic N) is 3. The van der Waals surface area contributed by atoms with Crippen LogP contribution in [0.4, 0.5) is 14.5 Å². The molecule has 0 aliphatic carbocycles. The van der Waals surface area contributed by atoms with Gasteiger partial charge in [0.25, 0.3) is 0 Å². The van der Waals surface area contributed by atoms with E-state index in [9.17, 15) is 13.6 Å². The summed E-state index contributed by atoms with van der Waals surface area (Å²) in [6, 6.07) is 12.4. The fraction of sp³-hybridized carbons (Fsp3) is 0.458. The van der Waals surface area contributed by atoms with Crippen molar-refractivity contribution in [1.29, 1.82) is 0 Å². The summed E-state index contributed by atoms with van der Waals surface area (Å²) in [4.78, 5) is 19.3. The summed E-state index contributed by atoms with van der Waals surface area (Å²) >= 11 is 0. The molecule has 1 atom stereocenters. The molecule has 0 saturated carbocycles. The molecule has 4 nitrogen and oxygen atoms in total. The van der Waals surface area contributed by atoms with Crippen molar-refractivity contribution in [1.82, 2.24) is 9.80 Å². The first kappa shape index (κ1) is 20.8. The van der Waals surface area contributed by atoms with Crippen LogP contribution in [0.3, 0.4) is 0 Å². The molecule has 2 heterocycles. The lowest BCUT2D eigenvalue weighted by atomic mass is 10.1. The number of likely N-dealkylation sites (tertiary alicyclic amines) is 1. The maximum atomic E-state index is 14.0. The molecule has 0 spiro atoms. The van der Waals surface area contributed by atoms with Crippen LogP contribution in [0.5, 0.6) is 0 Å². The zero-order valence-corrected chi connectivity index (χ0v) is 17.5. The van der Waals surface area contributed by atoms with Crippen molar-refractivity contribution in [3.05, 3.63) is 65.2 Å². The second kappa shape index (κ2) is 9.13. The van der Waals surface area contributed by atoms with Gasteiger partial charge in [0.05, 0.1) is 0 Å². The molecular formula is C24H29F2N3O. The summed E-state index contributed by atoms with van der Waals surface area (Å²) in [6.45, 7) is 6.91. The summed E-state index contributed by atoms with van der Waals surface area (Å²) < 4.78 is 27.2. The lowest BCUT2D eigenvalue weighted by Crippen LogP contribution is -2.50. The van der Waals surface area contributed by atoms with Crippen molar-refractivity contribution in [2.75, 3.05) is 37.6 Å². The number of anilines is 1. The van der Waals surface area contributed by atoms with Crippen molar-refractivity contribution in [3.63, 3.8) is 0 Å². The molecular weight excluding hydrogens is 384 g/mol. The number of amides is 1. The molecule has 2 aliphatic heterocycles. The van der Waals surface area contributed by atoms with Gasteiger partial charge in [-0.3, -0.25) is 9.69 Å². The van der Waals surface area contributed by atoms with Gasteiger partial charge in [0.15, 0.2) is 0 Å². The topological polar surface area (TPSA) is 26.8 Å². The summed E-state index contributed by atoms with van der Waals surface area (Å²) in [6.07, 6.45) is 2.20. The Labute approximate surface area is 177 Å². The number of benzene rings is 2. The Kier molecular flexibility index (Phi) is 6.32. The monoisotopic (exact) mass is 413 g/mol. The summed E-state index contributed by atoms with van der Waals surface area (Å²) in [5, 5.41) is 0. The standard InChI is InChI=1S/C24H29F2N3O/c1-18-4-2-3-5-23(18)28-14-12-27(13-15-28)21-8-9-24(30)29(11-10-21)17-19-6-7-20(25)16-22(19)26/h2-7,16,21H,8-15,17H2,1H3/t21-/m0/s1. The lowest BCUT2D eigenvalue weighted by molar-refractivity contribution is -0.131. The number of rotatable bonds is 4. The largest absolute Gasteiger partial charge is 0.369 e. The summed E-state index contributed by atoms with van der Waals surface area (Å²) in [5.41, 5.74) is 2.98. The SMILES string of the molecule is Cc1ccccc1N1CCN([C@H]2CCC(=O)N(Cc3ccc(F)cc3F)CC2)CC1. The average molecular weight is 414 g/mol. The normalized spacial score (nSPS) is 21.0. The van der Waals surface area contributed by atoms with E-state index in [0.717, 1.165) is 45.1 Å². The molecule has 1 amide bonds. The highest BCUT2D eigenvalue weighted by atomic mass is 19.1. The van der Waals surface area contributed by atoms with Crippen molar-refractivity contribution in [2.45, 2.75) is 38.8 Å². The van der Waals surface area contributed by atoms with Gasteiger partial charge in [0.1, 0.15) is 11.6 Å². The molecule has 0 bridgehead atoms. The molecule has 2 saturated heterocycles. The van der Waals surface area contributed by atoms with E-state index in [1.165, 1.54) is 23.4 Å². The number of para-hydroxylation sites is 1. The van der Waals surface area contributed by atoms with Gasteiger partial charge in [0.2, 0.25) is 5.91 Å². The number of piperazine rings is 1. The zero-order valence-electron chi connectivity index (χ0n) is 17.5. The number of carbonyl (C=O) groups is 1. The fourth-order valence-electron chi connectivity index (χ4n) is 4.66. The van der Waals surface area contributed by atoms with Crippen molar-refractivity contribution >= 4 is 11.6 Å². The van der Waals surface area contributed by atoms with E-state index in [1.54, 1.807) is 4.90 Å². The van der Waals surface area contributed by atoms with Crippen LogP contribution in [0.25, 0.3) is 0 Å². The highest BCUT2D eigenvalue weighted by Gasteiger charge is 2.29.